The average molecular weight is 265 g/mol. The number of nitriles is 1. The lowest BCUT2D eigenvalue weighted by atomic mass is 10.0. The molecule has 0 atom stereocenters. The summed E-state index contributed by atoms with van der Waals surface area (Å²) in [6.45, 7) is 4.20. The van der Waals surface area contributed by atoms with Crippen LogP contribution >= 0.6 is 0 Å². The molecule has 6 nitrogen and oxygen atoms in total. The summed E-state index contributed by atoms with van der Waals surface area (Å²) in [4.78, 5) is 21.8. The molecule has 0 spiro atoms. The number of hydrogen-bond donors (Lipinski definition) is 1. The third kappa shape index (κ3) is 3.25. The van der Waals surface area contributed by atoms with Crippen LogP contribution in [0.5, 0.6) is 0 Å². The van der Waals surface area contributed by atoms with Crippen LogP contribution in [-0.2, 0) is 0 Å². The van der Waals surface area contributed by atoms with Crippen LogP contribution in [-0.4, -0.2) is 16.4 Å². The van der Waals surface area contributed by atoms with E-state index in [1.54, 1.807) is 0 Å². The summed E-state index contributed by atoms with van der Waals surface area (Å²) >= 11 is 0. The van der Waals surface area contributed by atoms with Gasteiger partial charge in [0.1, 0.15) is 11.4 Å². The average Bonchev–Trinajstić information content (AvgIpc) is 2.31. The summed E-state index contributed by atoms with van der Waals surface area (Å²) in [5.41, 5.74) is -2.02. The fraction of sp³-hybridized carbons (Fsp3) is 0.333. The number of nitro benzene ring substituents is 1. The summed E-state index contributed by atoms with van der Waals surface area (Å²) in [5, 5.41) is 21.8. The minimum atomic E-state index is -1.19. The number of hydrogen-bond acceptors (Lipinski definition) is 4. The van der Waals surface area contributed by atoms with Crippen molar-refractivity contribution in [2.45, 2.75) is 26.3 Å². The second-order valence-electron chi connectivity index (χ2n) is 4.57. The molecule has 0 radical (unpaired) electrons. The molecule has 0 bridgehead atoms. The molecule has 1 aromatic carbocycles. The molecule has 0 aromatic heterocycles. The molecule has 0 heterocycles. The van der Waals surface area contributed by atoms with E-state index in [-0.39, 0.29) is 11.3 Å². The number of halogens is 1. The van der Waals surface area contributed by atoms with Gasteiger partial charge < -0.3 is 5.32 Å². The molecule has 0 aliphatic rings. The first-order valence-corrected chi connectivity index (χ1v) is 5.36. The largest absolute Gasteiger partial charge is 0.334 e. The van der Waals surface area contributed by atoms with Gasteiger partial charge in [-0.3, -0.25) is 14.9 Å². The van der Waals surface area contributed by atoms with Gasteiger partial charge in [-0.05, 0) is 26.3 Å². The van der Waals surface area contributed by atoms with Gasteiger partial charge in [-0.25, -0.2) is 4.39 Å². The number of amides is 1. The van der Waals surface area contributed by atoms with Gasteiger partial charge in [0, 0.05) is 12.1 Å². The first-order chi connectivity index (χ1) is 8.68. The van der Waals surface area contributed by atoms with E-state index in [2.05, 4.69) is 5.32 Å². The molecule has 7 heteroatoms. The van der Waals surface area contributed by atoms with Crippen LogP contribution < -0.4 is 5.32 Å². The van der Waals surface area contributed by atoms with Crippen LogP contribution in [0.1, 0.15) is 29.8 Å². The van der Waals surface area contributed by atoms with Crippen LogP contribution in [0.15, 0.2) is 12.1 Å². The maximum Gasteiger partial charge on any atom is 0.270 e. The molecular weight excluding hydrogens is 253 g/mol. The normalized spacial score (nSPS) is 10.7. The summed E-state index contributed by atoms with van der Waals surface area (Å²) in [6.07, 6.45) is 0. The number of carbonyl (C=O) groups is 1. The smallest absolute Gasteiger partial charge is 0.270 e. The van der Waals surface area contributed by atoms with Crippen molar-refractivity contribution in [3.63, 3.8) is 0 Å². The van der Waals surface area contributed by atoms with Gasteiger partial charge in [-0.2, -0.15) is 5.26 Å². The Morgan fingerprint density at radius 1 is 1.53 bits per heavy atom. The molecule has 0 aliphatic carbocycles. The third-order valence-corrected chi connectivity index (χ3v) is 2.40. The van der Waals surface area contributed by atoms with E-state index in [9.17, 15) is 19.3 Å². The second-order valence-corrected chi connectivity index (χ2v) is 4.57. The van der Waals surface area contributed by atoms with E-state index >= 15 is 0 Å². The number of rotatable bonds is 3. The zero-order valence-electron chi connectivity index (χ0n) is 10.7. The van der Waals surface area contributed by atoms with E-state index < -0.39 is 27.8 Å². The highest BCUT2D eigenvalue weighted by Gasteiger charge is 2.25. The van der Waals surface area contributed by atoms with E-state index in [1.165, 1.54) is 20.8 Å². The maximum absolute atomic E-state index is 13.8. The lowest BCUT2D eigenvalue weighted by molar-refractivity contribution is -0.385. The molecule has 19 heavy (non-hydrogen) atoms. The molecule has 1 rings (SSSR count). The summed E-state index contributed by atoms with van der Waals surface area (Å²) in [5.74, 6) is -1.70. The van der Waals surface area contributed by atoms with Gasteiger partial charge in [-0.1, -0.05) is 0 Å². The Morgan fingerprint density at radius 3 is 2.58 bits per heavy atom. The van der Waals surface area contributed by atoms with Crippen molar-refractivity contribution >= 4 is 11.6 Å². The summed E-state index contributed by atoms with van der Waals surface area (Å²) in [6, 6.07) is 3.72. The quantitative estimate of drug-likeness (QED) is 0.668. The first kappa shape index (κ1) is 14.6. The number of nitro groups is 1. The fourth-order valence-corrected chi connectivity index (χ4v) is 1.40. The van der Waals surface area contributed by atoms with Gasteiger partial charge in [0.15, 0.2) is 0 Å². The van der Waals surface area contributed by atoms with Gasteiger partial charge >= 0.3 is 0 Å². The van der Waals surface area contributed by atoms with E-state index in [0.717, 1.165) is 12.1 Å². The second kappa shape index (κ2) is 5.02. The molecule has 0 saturated carbocycles. The Balaban J connectivity index is 3.24. The lowest BCUT2D eigenvalue weighted by Crippen LogP contribution is -2.42. The first-order valence-electron chi connectivity index (χ1n) is 5.36. The molecule has 100 valence electrons. The third-order valence-electron chi connectivity index (χ3n) is 2.40. The van der Waals surface area contributed by atoms with Gasteiger partial charge in [0.05, 0.1) is 16.6 Å². The number of benzene rings is 1. The van der Waals surface area contributed by atoms with Crippen molar-refractivity contribution in [2.24, 2.45) is 0 Å². The summed E-state index contributed by atoms with van der Waals surface area (Å²) in [7, 11) is 0. The molecular formula is C12H12FN3O3. The number of nitrogens with one attached hydrogen (secondary N) is 1. The molecule has 0 saturated heterocycles. The molecule has 0 unspecified atom stereocenters. The SMILES string of the molecule is Cc1cc([N+](=O)[O-])cc(C(=O)NC(C)(C)C#N)c1F. The van der Waals surface area contributed by atoms with E-state index in [0.29, 0.717) is 0 Å². The van der Waals surface area contributed by atoms with E-state index in [4.69, 9.17) is 5.26 Å². The van der Waals surface area contributed by atoms with Crippen molar-refractivity contribution in [3.05, 3.63) is 39.2 Å². The van der Waals surface area contributed by atoms with Crippen molar-refractivity contribution in [1.29, 1.82) is 5.26 Å². The van der Waals surface area contributed by atoms with Gasteiger partial charge in [0.25, 0.3) is 11.6 Å². The Hall–Kier alpha value is -2.49. The van der Waals surface area contributed by atoms with Crippen LogP contribution in [0.3, 0.4) is 0 Å². The van der Waals surface area contributed by atoms with E-state index in [1.807, 2.05) is 6.07 Å². The maximum atomic E-state index is 13.8. The molecule has 1 aromatic rings. The predicted octanol–water partition coefficient (Wildman–Crippen LogP) is 2.07. The van der Waals surface area contributed by atoms with Crippen molar-refractivity contribution in [2.75, 3.05) is 0 Å². The highest BCUT2D eigenvalue weighted by Crippen LogP contribution is 2.21. The lowest BCUT2D eigenvalue weighted by Gasteiger charge is -2.17. The molecule has 0 fully saturated rings. The zero-order chi connectivity index (χ0) is 14.8. The van der Waals surface area contributed by atoms with Gasteiger partial charge in [-0.15, -0.1) is 0 Å². The number of carbonyl (C=O) groups excluding carboxylic acids is 1. The van der Waals surface area contributed by atoms with Crippen LogP contribution in [0.25, 0.3) is 0 Å². The monoisotopic (exact) mass is 265 g/mol. The van der Waals surface area contributed by atoms with Crippen molar-refractivity contribution in [3.8, 4) is 6.07 Å². The minimum absolute atomic E-state index is 0.00545. The number of non-ortho nitro benzene ring substituents is 1. The van der Waals surface area contributed by atoms with Crippen molar-refractivity contribution < 1.29 is 14.1 Å². The Morgan fingerprint density at radius 2 is 2.11 bits per heavy atom. The Kier molecular flexibility index (Phi) is 3.85. The number of aryl methyl sites for hydroxylation is 1. The highest BCUT2D eigenvalue weighted by molar-refractivity contribution is 5.96. The van der Waals surface area contributed by atoms with Gasteiger partial charge in [0.2, 0.25) is 0 Å². The molecule has 1 N–H and O–H groups in total. The predicted molar refractivity (Wildman–Crippen MR) is 64.9 cm³/mol. The topological polar surface area (TPSA) is 96.0 Å². The fourth-order valence-electron chi connectivity index (χ4n) is 1.40. The minimum Gasteiger partial charge on any atom is -0.334 e. The van der Waals surface area contributed by atoms with Crippen molar-refractivity contribution in [1.82, 2.24) is 5.32 Å². The Labute approximate surface area is 109 Å². The standard InChI is InChI=1S/C12H12FN3O3/c1-7-4-8(16(18)19)5-9(10(7)13)11(17)15-12(2,3)6-14/h4-5H,1-3H3,(H,15,17). The number of nitrogens with zero attached hydrogens (tertiary/aromatic N) is 2. The molecule has 0 aliphatic heterocycles. The summed E-state index contributed by atoms with van der Waals surface area (Å²) < 4.78 is 13.8. The van der Waals surface area contributed by atoms with Crippen LogP contribution in [0, 0.1) is 34.2 Å². The molecule has 1 amide bonds. The highest BCUT2D eigenvalue weighted by atomic mass is 19.1. The van der Waals surface area contributed by atoms with Crippen LogP contribution in [0.2, 0.25) is 0 Å². The zero-order valence-corrected chi connectivity index (χ0v) is 10.7. The Bertz CT molecular complexity index is 591. The van der Waals surface area contributed by atoms with Crippen LogP contribution in [0.4, 0.5) is 10.1 Å².